The van der Waals surface area contributed by atoms with Crippen molar-refractivity contribution in [3.05, 3.63) is 30.6 Å². The number of hydrogen-bond acceptors (Lipinski definition) is 4. The molecule has 1 aromatic rings. The van der Waals surface area contributed by atoms with Crippen LogP contribution in [0.2, 0.25) is 0 Å². The van der Waals surface area contributed by atoms with Crippen LogP contribution < -0.4 is 4.73 Å². The van der Waals surface area contributed by atoms with Crippen LogP contribution in [0.25, 0.3) is 0 Å². The fourth-order valence-corrected chi connectivity index (χ4v) is 0.390. The zero-order valence-electron chi connectivity index (χ0n) is 7.05. The Labute approximate surface area is 83.1 Å². The molecule has 0 aromatic carbocycles. The SMILES string of the molecule is O=S(=O)([O-])C(F)(F)F.O[n+]1ccccc1. The maximum Gasteiger partial charge on any atom is 0.485 e. The molecule has 1 rings (SSSR count). The lowest BCUT2D eigenvalue weighted by atomic mass is 10.5. The molecular formula is C6H6F3NO4S. The Bertz CT molecular complexity index is 389. The summed E-state index contributed by atoms with van der Waals surface area (Å²) in [6.07, 6.45) is 3.11. The van der Waals surface area contributed by atoms with E-state index in [2.05, 4.69) is 0 Å². The highest BCUT2D eigenvalue weighted by molar-refractivity contribution is 7.86. The molecule has 15 heavy (non-hydrogen) atoms. The van der Waals surface area contributed by atoms with Crippen molar-refractivity contribution >= 4 is 10.1 Å². The third-order valence-corrected chi connectivity index (χ3v) is 1.55. The molecule has 1 aromatic heterocycles. The molecule has 0 saturated heterocycles. The van der Waals surface area contributed by atoms with Gasteiger partial charge in [0, 0.05) is 16.9 Å². The van der Waals surface area contributed by atoms with Gasteiger partial charge in [-0.2, -0.15) is 13.2 Å². The molecule has 0 fully saturated rings. The van der Waals surface area contributed by atoms with Gasteiger partial charge in [-0.05, 0) is 0 Å². The summed E-state index contributed by atoms with van der Waals surface area (Å²) in [5.74, 6) is 0. The zero-order valence-corrected chi connectivity index (χ0v) is 7.86. The van der Waals surface area contributed by atoms with Gasteiger partial charge in [0.05, 0.1) is 0 Å². The zero-order chi connectivity index (χ0) is 12.1. The second-order valence-corrected chi connectivity index (χ2v) is 3.53. The van der Waals surface area contributed by atoms with Crippen LogP contribution in [-0.4, -0.2) is 23.7 Å². The molecular weight excluding hydrogens is 239 g/mol. The number of pyridine rings is 1. The molecule has 86 valence electrons. The molecule has 0 amide bonds. The minimum Gasteiger partial charge on any atom is -0.741 e. The van der Waals surface area contributed by atoms with Gasteiger partial charge in [-0.25, -0.2) is 8.42 Å². The summed E-state index contributed by atoms with van der Waals surface area (Å²) in [5.41, 5.74) is -5.65. The molecule has 0 saturated carbocycles. The molecule has 0 atom stereocenters. The Balaban J connectivity index is 0.000000262. The minimum absolute atomic E-state index is 1.00. The van der Waals surface area contributed by atoms with E-state index in [-0.39, 0.29) is 0 Å². The summed E-state index contributed by atoms with van der Waals surface area (Å²) in [4.78, 5) is 0. The van der Waals surface area contributed by atoms with Crippen molar-refractivity contribution in [1.29, 1.82) is 0 Å². The second-order valence-electron chi connectivity index (χ2n) is 2.16. The van der Waals surface area contributed by atoms with E-state index in [9.17, 15) is 13.2 Å². The average molecular weight is 245 g/mol. The van der Waals surface area contributed by atoms with Gasteiger partial charge in [0.1, 0.15) is 0 Å². The van der Waals surface area contributed by atoms with Crippen LogP contribution in [0.3, 0.4) is 0 Å². The molecule has 0 unspecified atom stereocenters. The smallest absolute Gasteiger partial charge is 0.485 e. The number of hydrogen-bond donors (Lipinski definition) is 1. The highest BCUT2D eigenvalue weighted by Gasteiger charge is 2.36. The van der Waals surface area contributed by atoms with Gasteiger partial charge >= 0.3 is 5.51 Å². The van der Waals surface area contributed by atoms with Crippen molar-refractivity contribution in [2.45, 2.75) is 5.51 Å². The summed E-state index contributed by atoms with van der Waals surface area (Å²) in [7, 11) is -6.09. The van der Waals surface area contributed by atoms with Crippen LogP contribution in [0.15, 0.2) is 30.6 Å². The van der Waals surface area contributed by atoms with Crippen molar-refractivity contribution < 1.29 is 36.1 Å². The van der Waals surface area contributed by atoms with Gasteiger partial charge in [0.25, 0.3) is 0 Å². The normalized spacial score (nSPS) is 11.5. The summed E-state index contributed by atoms with van der Waals surface area (Å²) < 4.78 is 59.9. The lowest BCUT2D eigenvalue weighted by molar-refractivity contribution is -0.904. The molecule has 0 bridgehead atoms. The Kier molecular flexibility index (Phi) is 4.49. The third kappa shape index (κ3) is 5.86. The van der Waals surface area contributed by atoms with E-state index in [1.807, 2.05) is 6.07 Å². The lowest BCUT2D eigenvalue weighted by Crippen LogP contribution is -2.27. The first kappa shape index (κ1) is 13.7. The molecule has 0 aliphatic carbocycles. The first-order chi connectivity index (χ1) is 6.64. The van der Waals surface area contributed by atoms with Gasteiger partial charge < -0.3 is 4.55 Å². The highest BCUT2D eigenvalue weighted by Crippen LogP contribution is 2.20. The largest absolute Gasteiger partial charge is 0.741 e. The third-order valence-electron chi connectivity index (χ3n) is 0.983. The summed E-state index contributed by atoms with van der Waals surface area (Å²) in [6.45, 7) is 0. The molecule has 0 spiro atoms. The fraction of sp³-hybridized carbons (Fsp3) is 0.167. The molecule has 0 aliphatic heterocycles. The van der Waals surface area contributed by atoms with Crippen molar-refractivity contribution in [1.82, 2.24) is 0 Å². The van der Waals surface area contributed by atoms with Gasteiger partial charge in [0.15, 0.2) is 10.1 Å². The Morgan fingerprint density at radius 2 is 1.47 bits per heavy atom. The Hall–Kier alpha value is -1.35. The monoisotopic (exact) mass is 245 g/mol. The summed E-state index contributed by atoms with van der Waals surface area (Å²) in [5, 5.41) is 8.55. The molecule has 5 nitrogen and oxygen atoms in total. The Morgan fingerprint density at radius 1 is 1.13 bits per heavy atom. The topological polar surface area (TPSA) is 81.3 Å². The highest BCUT2D eigenvalue weighted by atomic mass is 32.2. The van der Waals surface area contributed by atoms with Crippen LogP contribution in [0, 0.1) is 0 Å². The van der Waals surface area contributed by atoms with Crippen molar-refractivity contribution in [3.8, 4) is 0 Å². The van der Waals surface area contributed by atoms with Gasteiger partial charge in [0.2, 0.25) is 12.4 Å². The number of halogens is 3. The first-order valence-corrected chi connectivity index (χ1v) is 4.73. The van der Waals surface area contributed by atoms with Gasteiger partial charge in [-0.3, -0.25) is 5.21 Å². The number of alkyl halides is 3. The van der Waals surface area contributed by atoms with E-state index in [4.69, 9.17) is 18.2 Å². The van der Waals surface area contributed by atoms with Crippen LogP contribution in [-0.2, 0) is 10.1 Å². The minimum atomic E-state index is -6.09. The number of aromatic nitrogens is 1. The molecule has 9 heteroatoms. The van der Waals surface area contributed by atoms with Crippen LogP contribution in [0.1, 0.15) is 0 Å². The van der Waals surface area contributed by atoms with Crippen molar-refractivity contribution in [2.75, 3.05) is 0 Å². The molecule has 1 heterocycles. The van der Waals surface area contributed by atoms with E-state index >= 15 is 0 Å². The standard InChI is InChI=1S/C5H6NO.CHF3O3S/c7-6-4-2-1-3-5-6;2-1(3,4)8(5,6)7/h1-5,7H;(H,5,6,7)/q+1;/p-1. The molecule has 0 aliphatic rings. The number of nitrogens with zero attached hydrogens (tertiary/aromatic N) is 1. The maximum atomic E-state index is 10.7. The Morgan fingerprint density at radius 3 is 1.60 bits per heavy atom. The van der Waals surface area contributed by atoms with Crippen LogP contribution in [0.4, 0.5) is 13.2 Å². The van der Waals surface area contributed by atoms with E-state index in [1.54, 1.807) is 24.5 Å². The van der Waals surface area contributed by atoms with Crippen molar-refractivity contribution in [2.24, 2.45) is 0 Å². The van der Waals surface area contributed by atoms with E-state index in [1.165, 1.54) is 0 Å². The predicted octanol–water partition coefficient (Wildman–Crippen LogP) is 0.263. The summed E-state index contributed by atoms with van der Waals surface area (Å²) >= 11 is 0. The summed E-state index contributed by atoms with van der Waals surface area (Å²) in [6, 6.07) is 5.34. The van der Waals surface area contributed by atoms with Crippen LogP contribution >= 0.6 is 0 Å². The first-order valence-electron chi connectivity index (χ1n) is 3.32. The molecule has 1 N–H and O–H groups in total. The van der Waals surface area contributed by atoms with Gasteiger partial charge in [-0.15, -0.1) is 0 Å². The fourth-order valence-electron chi connectivity index (χ4n) is 0.390. The van der Waals surface area contributed by atoms with Crippen LogP contribution in [0.5, 0.6) is 0 Å². The van der Waals surface area contributed by atoms with E-state index < -0.39 is 15.6 Å². The molecule has 0 radical (unpaired) electrons. The quantitative estimate of drug-likeness (QED) is 0.308. The number of rotatable bonds is 0. The maximum absolute atomic E-state index is 10.7. The van der Waals surface area contributed by atoms with Crippen molar-refractivity contribution in [3.63, 3.8) is 0 Å². The second kappa shape index (κ2) is 4.94. The van der Waals surface area contributed by atoms with E-state index in [0.29, 0.717) is 0 Å². The van der Waals surface area contributed by atoms with E-state index in [0.717, 1.165) is 4.73 Å². The lowest BCUT2D eigenvalue weighted by Gasteiger charge is -2.08. The predicted molar refractivity (Wildman–Crippen MR) is 39.6 cm³/mol. The van der Waals surface area contributed by atoms with Gasteiger partial charge in [-0.1, -0.05) is 6.07 Å². The average Bonchev–Trinajstić information content (AvgIpc) is 2.02.